The van der Waals surface area contributed by atoms with E-state index in [0.717, 1.165) is 0 Å². The van der Waals surface area contributed by atoms with Gasteiger partial charge in [0.1, 0.15) is 11.9 Å². The zero-order chi connectivity index (χ0) is 16.0. The van der Waals surface area contributed by atoms with Crippen LogP contribution in [0.25, 0.3) is 0 Å². The van der Waals surface area contributed by atoms with E-state index in [1.165, 1.54) is 17.8 Å². The molecule has 1 amide bonds. The molecule has 2 N–H and O–H groups in total. The van der Waals surface area contributed by atoms with Crippen molar-refractivity contribution < 1.29 is 19.1 Å². The van der Waals surface area contributed by atoms with Crippen molar-refractivity contribution in [3.8, 4) is 0 Å². The van der Waals surface area contributed by atoms with Crippen molar-refractivity contribution in [2.24, 2.45) is 5.41 Å². The number of hydrogen-bond donors (Lipinski definition) is 2. The molecule has 0 bridgehead atoms. The highest BCUT2D eigenvalue weighted by Gasteiger charge is 2.32. The van der Waals surface area contributed by atoms with Gasteiger partial charge in [-0.25, -0.2) is 9.18 Å². The first-order valence-electron chi connectivity index (χ1n) is 6.61. The number of carboxylic acids is 1. The first kappa shape index (κ1) is 17.5. The van der Waals surface area contributed by atoms with E-state index in [1.54, 1.807) is 39.0 Å². The third-order valence-corrected chi connectivity index (χ3v) is 3.89. The lowest BCUT2D eigenvalue weighted by Gasteiger charge is -2.27. The third kappa shape index (κ3) is 5.75. The molecule has 0 unspecified atom stereocenters. The summed E-state index contributed by atoms with van der Waals surface area (Å²) in [4.78, 5) is 23.4. The summed E-state index contributed by atoms with van der Waals surface area (Å²) >= 11 is 1.24. The maximum atomic E-state index is 13.4. The molecule has 1 rings (SSSR count). The fraction of sp³-hybridized carbons (Fsp3) is 0.467. The number of thioether (sulfide) groups is 1. The first-order chi connectivity index (χ1) is 9.71. The topological polar surface area (TPSA) is 66.4 Å². The molecule has 4 nitrogen and oxygen atoms in total. The number of halogens is 1. The Morgan fingerprint density at radius 2 is 1.95 bits per heavy atom. The SMILES string of the molecule is CC(C)(C)[C@H](NC(=O)CCSc1ccccc1F)C(=O)O. The lowest BCUT2D eigenvalue weighted by molar-refractivity contribution is -0.144. The molecule has 1 aromatic carbocycles. The van der Waals surface area contributed by atoms with Crippen molar-refractivity contribution >= 4 is 23.6 Å². The van der Waals surface area contributed by atoms with Gasteiger partial charge >= 0.3 is 5.97 Å². The van der Waals surface area contributed by atoms with Crippen LogP contribution in [0, 0.1) is 11.2 Å². The molecule has 0 radical (unpaired) electrons. The van der Waals surface area contributed by atoms with E-state index in [0.29, 0.717) is 10.6 Å². The quantitative estimate of drug-likeness (QED) is 0.793. The highest BCUT2D eigenvalue weighted by Crippen LogP contribution is 2.22. The molecule has 0 heterocycles. The Kier molecular flexibility index (Phi) is 6.20. The molecule has 0 saturated heterocycles. The Labute approximate surface area is 128 Å². The number of aliphatic carboxylic acids is 1. The Morgan fingerprint density at radius 3 is 2.48 bits per heavy atom. The van der Waals surface area contributed by atoms with Gasteiger partial charge < -0.3 is 10.4 Å². The fourth-order valence-corrected chi connectivity index (χ4v) is 2.59. The number of nitrogens with one attached hydrogen (secondary N) is 1. The highest BCUT2D eigenvalue weighted by molar-refractivity contribution is 7.99. The molecule has 0 spiro atoms. The molecule has 1 aromatic rings. The minimum Gasteiger partial charge on any atom is -0.480 e. The Hall–Kier alpha value is -1.56. The van der Waals surface area contributed by atoms with Crippen molar-refractivity contribution in [1.82, 2.24) is 5.32 Å². The van der Waals surface area contributed by atoms with E-state index < -0.39 is 17.4 Å². The lowest BCUT2D eigenvalue weighted by Crippen LogP contribution is -2.49. The van der Waals surface area contributed by atoms with Crippen LogP contribution in [0.5, 0.6) is 0 Å². The number of amides is 1. The Bertz CT molecular complexity index is 514. The van der Waals surface area contributed by atoms with Gasteiger partial charge in [-0.3, -0.25) is 4.79 Å². The summed E-state index contributed by atoms with van der Waals surface area (Å²) in [6.07, 6.45) is 0.138. The van der Waals surface area contributed by atoms with Crippen LogP contribution in [0.4, 0.5) is 4.39 Å². The first-order valence-corrected chi connectivity index (χ1v) is 7.60. The van der Waals surface area contributed by atoms with Crippen molar-refractivity contribution in [2.75, 3.05) is 5.75 Å². The van der Waals surface area contributed by atoms with Gasteiger partial charge in [0.2, 0.25) is 5.91 Å². The number of carbonyl (C=O) groups excluding carboxylic acids is 1. The van der Waals surface area contributed by atoms with Crippen molar-refractivity contribution in [2.45, 2.75) is 38.1 Å². The minimum atomic E-state index is -1.06. The Balaban J connectivity index is 2.47. The van der Waals surface area contributed by atoms with Crippen molar-refractivity contribution in [3.63, 3.8) is 0 Å². The minimum absolute atomic E-state index is 0.138. The van der Waals surface area contributed by atoms with Gasteiger partial charge in [0.05, 0.1) is 0 Å². The Morgan fingerprint density at radius 1 is 1.33 bits per heavy atom. The maximum Gasteiger partial charge on any atom is 0.326 e. The second-order valence-electron chi connectivity index (χ2n) is 5.73. The lowest BCUT2D eigenvalue weighted by atomic mass is 9.87. The molecule has 0 aliphatic carbocycles. The monoisotopic (exact) mass is 313 g/mol. The molecule has 116 valence electrons. The molecule has 0 aliphatic rings. The average Bonchev–Trinajstić information content (AvgIpc) is 2.36. The summed E-state index contributed by atoms with van der Waals surface area (Å²) in [6, 6.07) is 5.40. The summed E-state index contributed by atoms with van der Waals surface area (Å²) in [5.41, 5.74) is -0.569. The van der Waals surface area contributed by atoms with Gasteiger partial charge in [-0.05, 0) is 17.5 Å². The molecular weight excluding hydrogens is 293 g/mol. The van der Waals surface area contributed by atoms with Gasteiger partial charge in [0.25, 0.3) is 0 Å². The molecule has 6 heteroatoms. The summed E-state index contributed by atoms with van der Waals surface area (Å²) < 4.78 is 13.4. The fourth-order valence-electron chi connectivity index (χ4n) is 1.70. The van der Waals surface area contributed by atoms with Crippen LogP contribution in [0.3, 0.4) is 0 Å². The van der Waals surface area contributed by atoms with Crippen LogP contribution in [0.2, 0.25) is 0 Å². The van der Waals surface area contributed by atoms with Gasteiger partial charge in [-0.2, -0.15) is 0 Å². The zero-order valence-electron chi connectivity index (χ0n) is 12.4. The normalized spacial score (nSPS) is 12.8. The second-order valence-corrected chi connectivity index (χ2v) is 6.87. The van der Waals surface area contributed by atoms with Crippen LogP contribution in [0.15, 0.2) is 29.2 Å². The van der Waals surface area contributed by atoms with Crippen LogP contribution >= 0.6 is 11.8 Å². The van der Waals surface area contributed by atoms with E-state index in [1.807, 2.05) is 0 Å². The third-order valence-electron chi connectivity index (χ3n) is 2.84. The number of rotatable bonds is 6. The van der Waals surface area contributed by atoms with Crippen LogP contribution in [0.1, 0.15) is 27.2 Å². The maximum absolute atomic E-state index is 13.4. The predicted octanol–water partition coefficient (Wildman–Crippen LogP) is 2.92. The summed E-state index contributed by atoms with van der Waals surface area (Å²) in [5, 5.41) is 11.6. The van der Waals surface area contributed by atoms with Crippen molar-refractivity contribution in [3.05, 3.63) is 30.1 Å². The van der Waals surface area contributed by atoms with E-state index in [9.17, 15) is 14.0 Å². The van der Waals surface area contributed by atoms with E-state index >= 15 is 0 Å². The van der Waals surface area contributed by atoms with Crippen LogP contribution in [-0.4, -0.2) is 28.8 Å². The standard InChI is InChI=1S/C15H20FNO3S/c1-15(2,3)13(14(19)20)17-12(18)8-9-21-11-7-5-4-6-10(11)16/h4-7,13H,8-9H2,1-3H3,(H,17,18)(H,19,20)/t13-/m1/s1. The molecule has 0 aliphatic heterocycles. The molecular formula is C15H20FNO3S. The summed E-state index contributed by atoms with van der Waals surface area (Å²) in [7, 11) is 0. The van der Waals surface area contributed by atoms with Crippen molar-refractivity contribution in [1.29, 1.82) is 0 Å². The van der Waals surface area contributed by atoms with Gasteiger partial charge in [-0.15, -0.1) is 11.8 Å². The molecule has 1 atom stereocenters. The van der Waals surface area contributed by atoms with E-state index in [4.69, 9.17) is 5.11 Å². The van der Waals surface area contributed by atoms with E-state index in [2.05, 4.69) is 5.32 Å². The number of carboxylic acid groups (broad SMARTS) is 1. The molecule has 0 fully saturated rings. The number of carbonyl (C=O) groups is 2. The number of hydrogen-bond acceptors (Lipinski definition) is 3. The largest absolute Gasteiger partial charge is 0.480 e. The van der Waals surface area contributed by atoms with Gasteiger partial charge in [0.15, 0.2) is 0 Å². The summed E-state index contributed by atoms with van der Waals surface area (Å²) in [5.74, 6) is -1.33. The molecule has 0 saturated carbocycles. The van der Waals surface area contributed by atoms with Crippen LogP contribution < -0.4 is 5.32 Å². The summed E-state index contributed by atoms with van der Waals surface area (Å²) in [6.45, 7) is 5.25. The van der Waals surface area contributed by atoms with Gasteiger partial charge in [-0.1, -0.05) is 32.9 Å². The van der Waals surface area contributed by atoms with Gasteiger partial charge in [0, 0.05) is 17.1 Å². The van der Waals surface area contributed by atoms with E-state index in [-0.39, 0.29) is 18.1 Å². The van der Waals surface area contributed by atoms with Crippen LogP contribution in [-0.2, 0) is 9.59 Å². The molecule has 0 aromatic heterocycles. The molecule has 21 heavy (non-hydrogen) atoms. The second kappa shape index (κ2) is 7.45. The predicted molar refractivity (Wildman–Crippen MR) is 80.8 cm³/mol. The zero-order valence-corrected chi connectivity index (χ0v) is 13.2. The smallest absolute Gasteiger partial charge is 0.326 e. The number of benzene rings is 1. The highest BCUT2D eigenvalue weighted by atomic mass is 32.2. The average molecular weight is 313 g/mol.